The number of benzene rings is 1. The Bertz CT molecular complexity index is 608. The minimum absolute atomic E-state index is 0.220. The van der Waals surface area contributed by atoms with Crippen molar-refractivity contribution >= 4 is 11.7 Å². The Balaban J connectivity index is 1.56. The highest BCUT2D eigenvalue weighted by Crippen LogP contribution is 2.26. The van der Waals surface area contributed by atoms with Gasteiger partial charge in [-0.3, -0.25) is 4.90 Å². The summed E-state index contributed by atoms with van der Waals surface area (Å²) in [5.74, 6) is 0.706. The van der Waals surface area contributed by atoms with Gasteiger partial charge in [-0.05, 0) is 24.3 Å². The molecule has 2 heterocycles. The van der Waals surface area contributed by atoms with E-state index in [0.717, 1.165) is 0 Å². The zero-order valence-electron chi connectivity index (χ0n) is 15.3. The van der Waals surface area contributed by atoms with Crippen LogP contribution in [0.5, 0.6) is 5.75 Å². The molecule has 150 valence electrons. The van der Waals surface area contributed by atoms with Gasteiger partial charge in [-0.2, -0.15) is 0 Å². The summed E-state index contributed by atoms with van der Waals surface area (Å²) in [5.41, 5.74) is 0.638. The molecule has 27 heavy (non-hydrogen) atoms. The van der Waals surface area contributed by atoms with Crippen LogP contribution in [0.2, 0.25) is 0 Å². The number of ether oxygens (including phenoxy) is 3. The molecule has 2 aliphatic rings. The van der Waals surface area contributed by atoms with E-state index in [4.69, 9.17) is 14.2 Å². The summed E-state index contributed by atoms with van der Waals surface area (Å²) in [6.07, 6.45) is -1.89. The van der Waals surface area contributed by atoms with Gasteiger partial charge < -0.3 is 35.1 Å². The maximum Gasteiger partial charge on any atom is 0.319 e. The van der Waals surface area contributed by atoms with E-state index in [1.807, 2.05) is 0 Å². The molecule has 2 saturated heterocycles. The minimum Gasteiger partial charge on any atom is -0.497 e. The fourth-order valence-corrected chi connectivity index (χ4v) is 3.51. The number of morpholine rings is 1. The smallest absolute Gasteiger partial charge is 0.319 e. The molecule has 2 fully saturated rings. The Kier molecular flexibility index (Phi) is 6.86. The highest BCUT2D eigenvalue weighted by Gasteiger charge is 2.46. The fourth-order valence-electron chi connectivity index (χ4n) is 3.51. The van der Waals surface area contributed by atoms with Crippen LogP contribution in [0.3, 0.4) is 0 Å². The number of rotatable bonds is 6. The number of nitrogens with one attached hydrogen (secondary N) is 2. The Morgan fingerprint density at radius 3 is 2.59 bits per heavy atom. The SMILES string of the molecule is COc1ccc(NC(=O)NCC2OC(CO)C(O)C2N2CCOCC2)cc1. The largest absolute Gasteiger partial charge is 0.497 e. The van der Waals surface area contributed by atoms with E-state index in [9.17, 15) is 15.0 Å². The summed E-state index contributed by atoms with van der Waals surface area (Å²) in [4.78, 5) is 14.3. The third-order valence-electron chi connectivity index (χ3n) is 4.92. The molecule has 1 aromatic carbocycles. The zero-order chi connectivity index (χ0) is 19.2. The van der Waals surface area contributed by atoms with Gasteiger partial charge in [-0.1, -0.05) is 0 Å². The van der Waals surface area contributed by atoms with Crippen molar-refractivity contribution in [3.63, 3.8) is 0 Å². The molecule has 2 aliphatic heterocycles. The van der Waals surface area contributed by atoms with Crippen molar-refractivity contribution in [1.82, 2.24) is 10.2 Å². The number of nitrogens with zero attached hydrogens (tertiary/aromatic N) is 1. The lowest BCUT2D eigenvalue weighted by atomic mass is 10.0. The molecule has 4 unspecified atom stereocenters. The Labute approximate surface area is 158 Å². The number of hydrogen-bond acceptors (Lipinski definition) is 7. The standard InChI is InChI=1S/C18H27N3O6/c1-25-13-4-2-12(3-5-13)20-18(24)19-10-14-16(17(23)15(11-22)27-14)21-6-8-26-9-7-21/h2-5,14-17,22-23H,6-11H2,1H3,(H2,19,20,24). The topological polar surface area (TPSA) is 113 Å². The summed E-state index contributed by atoms with van der Waals surface area (Å²) in [7, 11) is 1.58. The maximum absolute atomic E-state index is 12.2. The van der Waals surface area contributed by atoms with Gasteiger partial charge in [0.25, 0.3) is 0 Å². The molecule has 0 aromatic heterocycles. The first-order valence-electron chi connectivity index (χ1n) is 9.07. The zero-order valence-corrected chi connectivity index (χ0v) is 15.3. The molecule has 1 aromatic rings. The van der Waals surface area contributed by atoms with Crippen LogP contribution >= 0.6 is 0 Å². The average Bonchev–Trinajstić information content (AvgIpc) is 3.03. The van der Waals surface area contributed by atoms with Crippen LogP contribution in [0, 0.1) is 0 Å². The summed E-state index contributed by atoms with van der Waals surface area (Å²) >= 11 is 0. The molecule has 0 radical (unpaired) electrons. The number of hydrogen-bond donors (Lipinski definition) is 4. The summed E-state index contributed by atoms with van der Waals surface area (Å²) in [6.45, 7) is 2.49. The molecule has 0 aliphatic carbocycles. The lowest BCUT2D eigenvalue weighted by Crippen LogP contribution is -2.54. The molecule has 0 saturated carbocycles. The van der Waals surface area contributed by atoms with Crippen LogP contribution in [0.25, 0.3) is 0 Å². The second-order valence-corrected chi connectivity index (χ2v) is 6.59. The van der Waals surface area contributed by atoms with E-state index < -0.39 is 18.3 Å². The van der Waals surface area contributed by atoms with E-state index >= 15 is 0 Å². The van der Waals surface area contributed by atoms with Crippen molar-refractivity contribution in [2.45, 2.75) is 24.4 Å². The number of aliphatic hydroxyl groups excluding tert-OH is 2. The first-order chi connectivity index (χ1) is 13.1. The predicted molar refractivity (Wildman–Crippen MR) is 97.9 cm³/mol. The maximum atomic E-state index is 12.2. The fraction of sp³-hybridized carbons (Fsp3) is 0.611. The number of aliphatic hydroxyl groups is 2. The Morgan fingerprint density at radius 1 is 1.26 bits per heavy atom. The second kappa shape index (κ2) is 9.34. The lowest BCUT2D eigenvalue weighted by Gasteiger charge is -2.36. The van der Waals surface area contributed by atoms with E-state index in [1.165, 1.54) is 0 Å². The molecular formula is C18H27N3O6. The van der Waals surface area contributed by atoms with Gasteiger partial charge in [0, 0.05) is 25.3 Å². The molecule has 3 rings (SSSR count). The van der Waals surface area contributed by atoms with Crippen LogP contribution in [0.4, 0.5) is 10.5 Å². The summed E-state index contributed by atoms with van der Waals surface area (Å²) in [5, 5.41) is 25.5. The highest BCUT2D eigenvalue weighted by molar-refractivity contribution is 5.89. The molecule has 0 spiro atoms. The van der Waals surface area contributed by atoms with Gasteiger partial charge in [0.15, 0.2) is 0 Å². The van der Waals surface area contributed by atoms with Crippen molar-refractivity contribution in [1.29, 1.82) is 0 Å². The number of carbonyl (C=O) groups excluding carboxylic acids is 1. The molecule has 4 atom stereocenters. The molecular weight excluding hydrogens is 354 g/mol. The van der Waals surface area contributed by atoms with E-state index in [-0.39, 0.29) is 25.2 Å². The van der Waals surface area contributed by atoms with Crippen molar-refractivity contribution in [2.24, 2.45) is 0 Å². The monoisotopic (exact) mass is 381 g/mol. The molecule has 4 N–H and O–H groups in total. The van der Waals surface area contributed by atoms with E-state index in [2.05, 4.69) is 15.5 Å². The number of methoxy groups -OCH3 is 1. The summed E-state index contributed by atoms with van der Waals surface area (Å²) in [6, 6.07) is 6.33. The Morgan fingerprint density at radius 2 is 1.96 bits per heavy atom. The summed E-state index contributed by atoms with van der Waals surface area (Å²) < 4.78 is 16.2. The number of anilines is 1. The first-order valence-corrected chi connectivity index (χ1v) is 9.07. The highest BCUT2D eigenvalue weighted by atomic mass is 16.5. The molecule has 0 bridgehead atoms. The van der Waals surface area contributed by atoms with Crippen molar-refractivity contribution < 1.29 is 29.2 Å². The predicted octanol–water partition coefficient (Wildman–Crippen LogP) is -0.362. The van der Waals surface area contributed by atoms with Crippen LogP contribution in [0.15, 0.2) is 24.3 Å². The van der Waals surface area contributed by atoms with Gasteiger partial charge in [0.2, 0.25) is 0 Å². The van der Waals surface area contributed by atoms with Gasteiger partial charge in [-0.25, -0.2) is 4.79 Å². The van der Waals surface area contributed by atoms with Crippen LogP contribution < -0.4 is 15.4 Å². The van der Waals surface area contributed by atoms with Gasteiger partial charge in [0.05, 0.1) is 39.1 Å². The van der Waals surface area contributed by atoms with Crippen molar-refractivity contribution in [3.8, 4) is 5.75 Å². The quantitative estimate of drug-likeness (QED) is 0.532. The number of urea groups is 1. The first kappa shape index (κ1) is 19.8. The third kappa shape index (κ3) is 4.88. The number of carbonyl (C=O) groups is 1. The number of amides is 2. The average molecular weight is 381 g/mol. The molecule has 9 heteroatoms. The third-order valence-corrected chi connectivity index (χ3v) is 4.92. The van der Waals surface area contributed by atoms with Crippen molar-refractivity contribution in [2.75, 3.05) is 51.9 Å². The van der Waals surface area contributed by atoms with Crippen LogP contribution in [0.1, 0.15) is 0 Å². The second-order valence-electron chi connectivity index (χ2n) is 6.59. The van der Waals surface area contributed by atoms with Gasteiger partial charge in [-0.15, -0.1) is 0 Å². The molecule has 9 nitrogen and oxygen atoms in total. The molecule has 2 amide bonds. The van der Waals surface area contributed by atoms with Crippen molar-refractivity contribution in [3.05, 3.63) is 24.3 Å². The van der Waals surface area contributed by atoms with Gasteiger partial charge >= 0.3 is 6.03 Å². The van der Waals surface area contributed by atoms with Crippen LogP contribution in [-0.4, -0.2) is 92.1 Å². The lowest BCUT2D eigenvalue weighted by molar-refractivity contribution is -0.0214. The Hall–Kier alpha value is -1.91. The normalized spacial score (nSPS) is 28.7. The van der Waals surface area contributed by atoms with Crippen LogP contribution in [-0.2, 0) is 9.47 Å². The van der Waals surface area contributed by atoms with E-state index in [1.54, 1.807) is 31.4 Å². The minimum atomic E-state index is -0.815. The van der Waals surface area contributed by atoms with E-state index in [0.29, 0.717) is 37.7 Å². The van der Waals surface area contributed by atoms with Gasteiger partial charge in [0.1, 0.15) is 18.0 Å².